The third-order valence-electron chi connectivity index (χ3n) is 4.67. The predicted molar refractivity (Wildman–Crippen MR) is 88.6 cm³/mol. The van der Waals surface area contributed by atoms with Gasteiger partial charge in [-0.1, -0.05) is 43.5 Å². The Labute approximate surface area is 138 Å². The summed E-state index contributed by atoms with van der Waals surface area (Å²) in [6.45, 7) is 0.593. The second-order valence-corrected chi connectivity index (χ2v) is 6.15. The maximum absolute atomic E-state index is 12.6. The molecule has 0 aromatic heterocycles. The Bertz CT molecular complexity index is 538. The minimum atomic E-state index is -0.147. The molecule has 0 N–H and O–H groups in total. The molecular formula is C19H26O4. The molecule has 0 amide bonds. The molecule has 2 atom stereocenters. The number of hydrogen-bond donors (Lipinski definition) is 0. The number of unbranched alkanes of at least 4 members (excludes halogenated alkanes) is 3. The van der Waals surface area contributed by atoms with Crippen molar-refractivity contribution in [3.8, 4) is 0 Å². The molecule has 0 heterocycles. The first-order chi connectivity index (χ1) is 11.2. The monoisotopic (exact) mass is 318 g/mol. The lowest BCUT2D eigenvalue weighted by atomic mass is 9.88. The Hall–Kier alpha value is -1.68. The number of carbonyl (C=O) groups is 2. The van der Waals surface area contributed by atoms with E-state index in [0.717, 1.165) is 43.2 Å². The van der Waals surface area contributed by atoms with E-state index >= 15 is 0 Å². The van der Waals surface area contributed by atoms with Crippen molar-refractivity contribution >= 4 is 11.8 Å². The largest absolute Gasteiger partial charge is 0.469 e. The number of methoxy groups -OCH3 is 2. The van der Waals surface area contributed by atoms with Crippen molar-refractivity contribution in [1.29, 1.82) is 0 Å². The van der Waals surface area contributed by atoms with Gasteiger partial charge in [0.25, 0.3) is 0 Å². The van der Waals surface area contributed by atoms with Crippen LogP contribution >= 0.6 is 0 Å². The summed E-state index contributed by atoms with van der Waals surface area (Å²) in [5, 5.41) is 0. The number of ether oxygens (including phenoxy) is 2. The third kappa shape index (κ3) is 4.41. The maximum atomic E-state index is 12.6. The minimum Gasteiger partial charge on any atom is -0.469 e. The lowest BCUT2D eigenvalue weighted by Crippen LogP contribution is -2.17. The molecule has 0 spiro atoms. The number of esters is 1. The van der Waals surface area contributed by atoms with Gasteiger partial charge in [0.2, 0.25) is 0 Å². The summed E-state index contributed by atoms with van der Waals surface area (Å²) in [7, 11) is 3.11. The summed E-state index contributed by atoms with van der Waals surface area (Å²) < 4.78 is 9.97. The zero-order valence-electron chi connectivity index (χ0n) is 14.0. The molecule has 1 aliphatic carbocycles. The fraction of sp³-hybridized carbons (Fsp3) is 0.579. The van der Waals surface area contributed by atoms with Crippen molar-refractivity contribution in [2.45, 2.75) is 44.4 Å². The van der Waals surface area contributed by atoms with Crippen molar-refractivity contribution in [2.75, 3.05) is 20.8 Å². The maximum Gasteiger partial charge on any atom is 0.305 e. The van der Waals surface area contributed by atoms with Gasteiger partial charge in [-0.15, -0.1) is 0 Å². The van der Waals surface area contributed by atoms with E-state index in [9.17, 15) is 9.59 Å². The van der Waals surface area contributed by atoms with Gasteiger partial charge in [0.15, 0.2) is 5.78 Å². The van der Waals surface area contributed by atoms with Gasteiger partial charge in [0, 0.05) is 30.9 Å². The van der Waals surface area contributed by atoms with Crippen LogP contribution in [0.3, 0.4) is 0 Å². The van der Waals surface area contributed by atoms with Crippen molar-refractivity contribution in [3.05, 3.63) is 35.4 Å². The van der Waals surface area contributed by atoms with Crippen LogP contribution < -0.4 is 0 Å². The van der Waals surface area contributed by atoms with Gasteiger partial charge in [0.05, 0.1) is 13.7 Å². The van der Waals surface area contributed by atoms with Crippen LogP contribution in [0.5, 0.6) is 0 Å². The van der Waals surface area contributed by atoms with Crippen LogP contribution in [0, 0.1) is 5.92 Å². The fourth-order valence-electron chi connectivity index (χ4n) is 3.45. The van der Waals surface area contributed by atoms with E-state index < -0.39 is 0 Å². The molecule has 0 aliphatic heterocycles. The highest BCUT2D eigenvalue weighted by Crippen LogP contribution is 2.40. The van der Waals surface area contributed by atoms with Gasteiger partial charge in [-0.05, 0) is 18.4 Å². The number of carbonyl (C=O) groups excluding carboxylic acids is 2. The van der Waals surface area contributed by atoms with Crippen LogP contribution in [0.25, 0.3) is 0 Å². The first-order valence-electron chi connectivity index (χ1n) is 8.38. The molecule has 0 saturated carbocycles. The molecule has 4 heteroatoms. The number of Topliss-reactive ketones (excluding diaryl/α,β-unsaturated/α-hetero) is 1. The fourth-order valence-corrected chi connectivity index (χ4v) is 3.45. The molecule has 2 rings (SSSR count). The molecule has 1 aliphatic rings. The van der Waals surface area contributed by atoms with Crippen LogP contribution in [0.1, 0.15) is 60.4 Å². The average Bonchev–Trinajstić information content (AvgIpc) is 2.84. The summed E-state index contributed by atoms with van der Waals surface area (Å²) >= 11 is 0. The molecule has 0 radical (unpaired) electrons. The summed E-state index contributed by atoms with van der Waals surface area (Å²) in [6.07, 6.45) is 5.27. The molecular weight excluding hydrogens is 292 g/mol. The van der Waals surface area contributed by atoms with Crippen LogP contribution in [0.2, 0.25) is 0 Å². The SMILES string of the molecule is COCC1c2ccccc2C(=O)C1CCCCCCC(=O)OC. The molecule has 0 bridgehead atoms. The molecule has 4 nitrogen and oxygen atoms in total. The van der Waals surface area contributed by atoms with Gasteiger partial charge in [-0.2, -0.15) is 0 Å². The first-order valence-corrected chi connectivity index (χ1v) is 8.38. The van der Waals surface area contributed by atoms with E-state index in [0.29, 0.717) is 13.0 Å². The van der Waals surface area contributed by atoms with Gasteiger partial charge in [-0.3, -0.25) is 9.59 Å². The second kappa shape index (κ2) is 8.82. The smallest absolute Gasteiger partial charge is 0.305 e. The van der Waals surface area contributed by atoms with Crippen LogP contribution in [0.4, 0.5) is 0 Å². The van der Waals surface area contributed by atoms with E-state index in [4.69, 9.17) is 4.74 Å². The van der Waals surface area contributed by atoms with Gasteiger partial charge in [0.1, 0.15) is 0 Å². The second-order valence-electron chi connectivity index (χ2n) is 6.15. The summed E-state index contributed by atoms with van der Waals surface area (Å²) in [4.78, 5) is 23.7. The number of hydrogen-bond acceptors (Lipinski definition) is 4. The first kappa shape index (κ1) is 17.7. The number of benzene rings is 1. The normalized spacial score (nSPS) is 19.7. The predicted octanol–water partition coefficient (Wildman–Crippen LogP) is 3.74. The quantitative estimate of drug-likeness (QED) is 0.514. The Balaban J connectivity index is 1.82. The van der Waals surface area contributed by atoms with Crippen LogP contribution in [-0.4, -0.2) is 32.6 Å². The average molecular weight is 318 g/mol. The molecule has 0 fully saturated rings. The van der Waals surface area contributed by atoms with E-state index in [1.165, 1.54) is 7.11 Å². The standard InChI is InChI=1S/C19H26O4/c1-22-13-17-14-9-7-8-11-15(14)19(21)16(17)10-5-3-4-6-12-18(20)23-2/h7-9,11,16-17H,3-6,10,12-13H2,1-2H3. The zero-order chi connectivity index (χ0) is 16.7. The summed E-state index contributed by atoms with van der Waals surface area (Å²) in [5.74, 6) is 0.329. The highest BCUT2D eigenvalue weighted by atomic mass is 16.5. The topological polar surface area (TPSA) is 52.6 Å². The van der Waals surface area contributed by atoms with Gasteiger partial charge in [-0.25, -0.2) is 0 Å². The zero-order valence-corrected chi connectivity index (χ0v) is 14.0. The summed E-state index contributed by atoms with van der Waals surface area (Å²) in [5.41, 5.74) is 2.00. The summed E-state index contributed by atoms with van der Waals surface area (Å²) in [6, 6.07) is 7.89. The van der Waals surface area contributed by atoms with Gasteiger partial charge >= 0.3 is 5.97 Å². The Morgan fingerprint density at radius 1 is 1.04 bits per heavy atom. The van der Waals surface area contributed by atoms with Crippen LogP contribution in [-0.2, 0) is 14.3 Å². The van der Waals surface area contributed by atoms with Crippen molar-refractivity contribution < 1.29 is 19.1 Å². The Kier molecular flexibility index (Phi) is 6.78. The van der Waals surface area contributed by atoms with E-state index in [-0.39, 0.29) is 23.6 Å². The molecule has 2 unspecified atom stereocenters. The minimum absolute atomic E-state index is 0.0351. The molecule has 1 aromatic carbocycles. The molecule has 126 valence electrons. The van der Waals surface area contributed by atoms with Crippen molar-refractivity contribution in [3.63, 3.8) is 0 Å². The lowest BCUT2D eigenvalue weighted by molar-refractivity contribution is -0.140. The number of rotatable bonds is 9. The van der Waals surface area contributed by atoms with Crippen molar-refractivity contribution in [1.82, 2.24) is 0 Å². The number of fused-ring (bicyclic) bond motifs is 1. The van der Waals surface area contributed by atoms with E-state index in [1.807, 2.05) is 24.3 Å². The molecule has 0 saturated heterocycles. The highest BCUT2D eigenvalue weighted by Gasteiger charge is 2.38. The molecule has 1 aromatic rings. The van der Waals surface area contributed by atoms with Crippen LogP contribution in [0.15, 0.2) is 24.3 Å². The molecule has 23 heavy (non-hydrogen) atoms. The Morgan fingerprint density at radius 3 is 2.52 bits per heavy atom. The Morgan fingerprint density at radius 2 is 1.78 bits per heavy atom. The van der Waals surface area contributed by atoms with E-state index in [2.05, 4.69) is 4.74 Å². The highest BCUT2D eigenvalue weighted by molar-refractivity contribution is 6.03. The van der Waals surface area contributed by atoms with Crippen molar-refractivity contribution in [2.24, 2.45) is 5.92 Å². The van der Waals surface area contributed by atoms with E-state index in [1.54, 1.807) is 7.11 Å². The lowest BCUT2D eigenvalue weighted by Gasteiger charge is -2.18. The van der Waals surface area contributed by atoms with Gasteiger partial charge < -0.3 is 9.47 Å². The number of ketones is 1. The third-order valence-corrected chi connectivity index (χ3v) is 4.67.